The number of hydrogen-bond donors (Lipinski definition) is 2. The second-order valence-electron chi connectivity index (χ2n) is 4.61. The van der Waals surface area contributed by atoms with Gasteiger partial charge in [0, 0.05) is 5.69 Å². The molecule has 2 aromatic carbocycles. The Morgan fingerprint density at radius 1 is 0.957 bits per heavy atom. The van der Waals surface area contributed by atoms with Gasteiger partial charge in [0.2, 0.25) is 0 Å². The molecule has 0 aliphatic rings. The maximum atomic E-state index is 13.0. The van der Waals surface area contributed by atoms with Crippen LogP contribution in [0, 0.1) is 11.6 Å². The van der Waals surface area contributed by atoms with E-state index in [-0.39, 0.29) is 11.5 Å². The van der Waals surface area contributed by atoms with Crippen LogP contribution >= 0.6 is 0 Å². The summed E-state index contributed by atoms with van der Waals surface area (Å²) in [6, 6.07) is 10.6. The minimum absolute atomic E-state index is 0.157. The van der Waals surface area contributed by atoms with Crippen LogP contribution in [0.15, 0.2) is 53.6 Å². The topological polar surface area (TPSA) is 70.6 Å². The first-order chi connectivity index (χ1) is 11.0. The first-order valence-electron chi connectivity index (χ1n) is 6.63. The van der Waals surface area contributed by atoms with Crippen LogP contribution in [0.25, 0.3) is 0 Å². The van der Waals surface area contributed by atoms with E-state index in [1.165, 1.54) is 42.5 Å². The van der Waals surface area contributed by atoms with Crippen molar-refractivity contribution in [1.82, 2.24) is 5.43 Å². The fourth-order valence-electron chi connectivity index (χ4n) is 1.70. The Morgan fingerprint density at radius 3 is 2.30 bits per heavy atom. The standard InChI is InChI=1S/C16H13F2N3O2/c1-10(11-5-7-12(17)8-6-11)20-21-16(23)15(22)19-14-4-2-3-13(18)9-14/h2-9H,1H3,(H,19,22)(H,21,23). The van der Waals surface area contributed by atoms with Crippen LogP contribution in [0.5, 0.6) is 0 Å². The molecule has 0 unspecified atom stereocenters. The Morgan fingerprint density at radius 2 is 1.65 bits per heavy atom. The van der Waals surface area contributed by atoms with Gasteiger partial charge in [-0.25, -0.2) is 14.2 Å². The van der Waals surface area contributed by atoms with E-state index in [4.69, 9.17) is 0 Å². The van der Waals surface area contributed by atoms with Crippen molar-refractivity contribution in [1.29, 1.82) is 0 Å². The molecular weight excluding hydrogens is 304 g/mol. The molecule has 0 aliphatic carbocycles. The maximum absolute atomic E-state index is 13.0. The van der Waals surface area contributed by atoms with Gasteiger partial charge in [-0.3, -0.25) is 9.59 Å². The van der Waals surface area contributed by atoms with Crippen molar-refractivity contribution in [3.05, 3.63) is 65.7 Å². The zero-order chi connectivity index (χ0) is 16.8. The molecule has 0 atom stereocenters. The minimum Gasteiger partial charge on any atom is -0.318 e. The lowest BCUT2D eigenvalue weighted by molar-refractivity contribution is -0.136. The molecule has 0 spiro atoms. The molecule has 5 nitrogen and oxygen atoms in total. The third-order valence-electron chi connectivity index (χ3n) is 2.88. The third-order valence-corrected chi connectivity index (χ3v) is 2.88. The highest BCUT2D eigenvalue weighted by atomic mass is 19.1. The first kappa shape index (κ1) is 16.3. The van der Waals surface area contributed by atoms with Crippen molar-refractivity contribution in [3.63, 3.8) is 0 Å². The van der Waals surface area contributed by atoms with E-state index in [1.807, 2.05) is 0 Å². The van der Waals surface area contributed by atoms with Gasteiger partial charge < -0.3 is 5.32 Å². The van der Waals surface area contributed by atoms with E-state index < -0.39 is 17.6 Å². The number of hydrogen-bond acceptors (Lipinski definition) is 3. The van der Waals surface area contributed by atoms with Crippen molar-refractivity contribution >= 4 is 23.2 Å². The summed E-state index contributed by atoms with van der Waals surface area (Å²) in [5, 5.41) is 6.01. The molecule has 0 heterocycles. The van der Waals surface area contributed by atoms with Gasteiger partial charge in [0.15, 0.2) is 0 Å². The van der Waals surface area contributed by atoms with Gasteiger partial charge in [-0.2, -0.15) is 5.10 Å². The molecule has 0 saturated carbocycles. The molecule has 23 heavy (non-hydrogen) atoms. The predicted octanol–water partition coefficient (Wildman–Crippen LogP) is 2.44. The number of carbonyl (C=O) groups is 2. The van der Waals surface area contributed by atoms with Crippen molar-refractivity contribution in [2.24, 2.45) is 5.10 Å². The number of nitrogens with one attached hydrogen (secondary N) is 2. The van der Waals surface area contributed by atoms with Crippen molar-refractivity contribution in [3.8, 4) is 0 Å². The zero-order valence-corrected chi connectivity index (χ0v) is 12.1. The Hall–Kier alpha value is -3.09. The number of hydrazone groups is 1. The van der Waals surface area contributed by atoms with Gasteiger partial charge >= 0.3 is 11.8 Å². The Balaban J connectivity index is 1.96. The molecule has 0 aromatic heterocycles. The summed E-state index contributed by atoms with van der Waals surface area (Å²) in [5.74, 6) is -2.91. The third kappa shape index (κ3) is 4.70. The smallest absolute Gasteiger partial charge is 0.318 e. The molecule has 118 valence electrons. The lowest BCUT2D eigenvalue weighted by atomic mass is 10.1. The molecule has 0 fully saturated rings. The number of nitrogens with zero attached hydrogens (tertiary/aromatic N) is 1. The van der Waals surface area contributed by atoms with E-state index in [9.17, 15) is 18.4 Å². The van der Waals surface area contributed by atoms with Gasteiger partial charge in [0.05, 0.1) is 5.71 Å². The van der Waals surface area contributed by atoms with Crippen molar-refractivity contribution < 1.29 is 18.4 Å². The van der Waals surface area contributed by atoms with Crippen LogP contribution in [-0.2, 0) is 9.59 Å². The SMILES string of the molecule is CC(=NNC(=O)C(=O)Nc1cccc(F)c1)c1ccc(F)cc1. The van der Waals surface area contributed by atoms with Crippen LogP contribution in [-0.4, -0.2) is 17.5 Å². The fraction of sp³-hybridized carbons (Fsp3) is 0.0625. The summed E-state index contributed by atoms with van der Waals surface area (Å²) in [7, 11) is 0. The zero-order valence-electron chi connectivity index (χ0n) is 12.1. The van der Waals surface area contributed by atoms with Crippen LogP contribution in [0.1, 0.15) is 12.5 Å². The first-order valence-corrected chi connectivity index (χ1v) is 6.63. The van der Waals surface area contributed by atoms with Crippen LogP contribution in [0.4, 0.5) is 14.5 Å². The molecule has 0 radical (unpaired) electrons. The lowest BCUT2D eigenvalue weighted by Crippen LogP contribution is -2.32. The van der Waals surface area contributed by atoms with Gasteiger partial charge in [0.1, 0.15) is 11.6 Å². The monoisotopic (exact) mass is 317 g/mol. The average molecular weight is 317 g/mol. The molecule has 0 saturated heterocycles. The second kappa shape index (κ2) is 7.26. The van der Waals surface area contributed by atoms with E-state index in [2.05, 4.69) is 15.8 Å². The highest BCUT2D eigenvalue weighted by Gasteiger charge is 2.13. The molecular formula is C16H13F2N3O2. The van der Waals surface area contributed by atoms with Crippen LogP contribution in [0.3, 0.4) is 0 Å². The number of amides is 2. The number of benzene rings is 2. The molecule has 2 N–H and O–H groups in total. The molecule has 0 bridgehead atoms. The maximum Gasteiger partial charge on any atom is 0.329 e. The minimum atomic E-state index is -1.00. The van der Waals surface area contributed by atoms with E-state index in [0.29, 0.717) is 11.3 Å². The number of anilines is 1. The predicted molar refractivity (Wildman–Crippen MR) is 81.8 cm³/mol. The van der Waals surface area contributed by atoms with Gasteiger partial charge in [-0.1, -0.05) is 18.2 Å². The van der Waals surface area contributed by atoms with E-state index in [1.54, 1.807) is 6.92 Å². The summed E-state index contributed by atoms with van der Waals surface area (Å²) >= 11 is 0. The van der Waals surface area contributed by atoms with Gasteiger partial charge in [-0.05, 0) is 42.8 Å². The molecule has 7 heteroatoms. The normalized spacial score (nSPS) is 11.0. The fourth-order valence-corrected chi connectivity index (χ4v) is 1.70. The Kier molecular flexibility index (Phi) is 5.14. The van der Waals surface area contributed by atoms with Crippen molar-refractivity contribution in [2.45, 2.75) is 6.92 Å². The Bertz CT molecular complexity index is 758. The summed E-state index contributed by atoms with van der Waals surface area (Å²) in [4.78, 5) is 23.3. The highest BCUT2D eigenvalue weighted by molar-refractivity contribution is 6.39. The second-order valence-corrected chi connectivity index (χ2v) is 4.61. The molecule has 0 aliphatic heterocycles. The average Bonchev–Trinajstić information content (AvgIpc) is 2.53. The lowest BCUT2D eigenvalue weighted by Gasteiger charge is -2.05. The summed E-state index contributed by atoms with van der Waals surface area (Å²) < 4.78 is 25.8. The van der Waals surface area contributed by atoms with Gasteiger partial charge in [-0.15, -0.1) is 0 Å². The Labute approximate surface area is 131 Å². The molecule has 2 amide bonds. The van der Waals surface area contributed by atoms with Crippen LogP contribution in [0.2, 0.25) is 0 Å². The van der Waals surface area contributed by atoms with Crippen LogP contribution < -0.4 is 10.7 Å². The quantitative estimate of drug-likeness (QED) is 0.518. The largest absolute Gasteiger partial charge is 0.329 e. The number of rotatable bonds is 3. The molecule has 2 aromatic rings. The number of halogens is 2. The highest BCUT2D eigenvalue weighted by Crippen LogP contribution is 2.08. The summed E-state index contributed by atoms with van der Waals surface area (Å²) in [5.41, 5.74) is 3.23. The summed E-state index contributed by atoms with van der Waals surface area (Å²) in [6.07, 6.45) is 0. The summed E-state index contributed by atoms with van der Waals surface area (Å²) in [6.45, 7) is 1.60. The van der Waals surface area contributed by atoms with E-state index in [0.717, 1.165) is 6.07 Å². The number of carbonyl (C=O) groups excluding carboxylic acids is 2. The van der Waals surface area contributed by atoms with Gasteiger partial charge in [0.25, 0.3) is 0 Å². The molecule has 2 rings (SSSR count). The van der Waals surface area contributed by atoms with E-state index >= 15 is 0 Å². The van der Waals surface area contributed by atoms with Crippen molar-refractivity contribution in [2.75, 3.05) is 5.32 Å².